The second kappa shape index (κ2) is 6.33. The van der Waals surface area contributed by atoms with Crippen molar-refractivity contribution in [3.63, 3.8) is 0 Å². The van der Waals surface area contributed by atoms with E-state index in [0.717, 1.165) is 0 Å². The highest BCUT2D eigenvalue weighted by molar-refractivity contribution is 5.92. The number of benzene rings is 1. The molecule has 0 bridgehead atoms. The molecule has 1 heterocycles. The SMILES string of the molecule is COc1ccc(OC)c(/C=C(\C#N)c2[nH]nc(N)c2C#N)c1. The molecular weight excluding hydrogens is 282 g/mol. The van der Waals surface area contributed by atoms with E-state index in [1.807, 2.05) is 12.1 Å². The number of nitrogens with two attached hydrogens (primary N) is 1. The Labute approximate surface area is 127 Å². The van der Waals surface area contributed by atoms with Crippen LogP contribution >= 0.6 is 0 Å². The van der Waals surface area contributed by atoms with Crippen molar-refractivity contribution in [3.05, 3.63) is 35.0 Å². The van der Waals surface area contributed by atoms with Crippen LogP contribution in [0.2, 0.25) is 0 Å². The maximum Gasteiger partial charge on any atom is 0.163 e. The molecule has 0 amide bonds. The van der Waals surface area contributed by atoms with Gasteiger partial charge in [-0.2, -0.15) is 15.6 Å². The van der Waals surface area contributed by atoms with Gasteiger partial charge in [0.15, 0.2) is 5.82 Å². The molecule has 0 fully saturated rings. The van der Waals surface area contributed by atoms with E-state index < -0.39 is 0 Å². The van der Waals surface area contributed by atoms with E-state index in [9.17, 15) is 5.26 Å². The molecule has 0 saturated carbocycles. The van der Waals surface area contributed by atoms with Gasteiger partial charge >= 0.3 is 0 Å². The second-order valence-corrected chi connectivity index (χ2v) is 4.25. The first kappa shape index (κ1) is 14.9. The molecule has 0 spiro atoms. The van der Waals surface area contributed by atoms with Gasteiger partial charge in [-0.1, -0.05) is 0 Å². The summed E-state index contributed by atoms with van der Waals surface area (Å²) in [5.74, 6) is 1.24. The molecule has 3 N–H and O–H groups in total. The second-order valence-electron chi connectivity index (χ2n) is 4.25. The number of allylic oxidation sites excluding steroid dienone is 1. The van der Waals surface area contributed by atoms with Crippen LogP contribution in [0.4, 0.5) is 5.82 Å². The minimum atomic E-state index is 0.0521. The van der Waals surface area contributed by atoms with E-state index in [2.05, 4.69) is 10.2 Å². The fourth-order valence-electron chi connectivity index (χ4n) is 1.93. The number of ether oxygens (including phenoxy) is 2. The summed E-state index contributed by atoms with van der Waals surface area (Å²) in [6.07, 6.45) is 1.58. The van der Waals surface area contributed by atoms with Crippen LogP contribution in [0.1, 0.15) is 16.8 Å². The highest BCUT2D eigenvalue weighted by Crippen LogP contribution is 2.29. The zero-order valence-electron chi connectivity index (χ0n) is 12.0. The number of rotatable bonds is 4. The fraction of sp³-hybridized carbons (Fsp3) is 0.133. The van der Waals surface area contributed by atoms with Crippen molar-refractivity contribution in [2.75, 3.05) is 20.0 Å². The summed E-state index contributed by atoms with van der Waals surface area (Å²) >= 11 is 0. The lowest BCUT2D eigenvalue weighted by atomic mass is 10.1. The molecule has 2 rings (SSSR count). The van der Waals surface area contributed by atoms with Crippen LogP contribution in [-0.2, 0) is 0 Å². The van der Waals surface area contributed by atoms with E-state index in [1.54, 1.807) is 31.4 Å². The molecule has 7 nitrogen and oxygen atoms in total. The van der Waals surface area contributed by atoms with Gasteiger partial charge in [0.1, 0.15) is 29.2 Å². The van der Waals surface area contributed by atoms with Crippen LogP contribution in [-0.4, -0.2) is 24.4 Å². The third kappa shape index (κ3) is 2.69. The molecule has 1 aromatic heterocycles. The lowest BCUT2D eigenvalue weighted by molar-refractivity contribution is 0.402. The molecule has 0 unspecified atom stereocenters. The van der Waals surface area contributed by atoms with Crippen molar-refractivity contribution in [1.29, 1.82) is 10.5 Å². The Morgan fingerprint density at radius 3 is 2.68 bits per heavy atom. The number of nitrogens with zero attached hydrogens (tertiary/aromatic N) is 3. The number of anilines is 1. The molecule has 1 aromatic carbocycles. The van der Waals surface area contributed by atoms with Crippen molar-refractivity contribution in [2.45, 2.75) is 0 Å². The predicted molar refractivity (Wildman–Crippen MR) is 80.7 cm³/mol. The monoisotopic (exact) mass is 295 g/mol. The van der Waals surface area contributed by atoms with Crippen LogP contribution in [0, 0.1) is 22.7 Å². The lowest BCUT2D eigenvalue weighted by Gasteiger charge is -2.07. The number of hydrogen-bond donors (Lipinski definition) is 2. The number of nitriles is 2. The van der Waals surface area contributed by atoms with E-state index in [0.29, 0.717) is 17.1 Å². The first-order valence-corrected chi connectivity index (χ1v) is 6.22. The summed E-state index contributed by atoms with van der Waals surface area (Å²) < 4.78 is 10.4. The third-order valence-electron chi connectivity index (χ3n) is 3.03. The normalized spacial score (nSPS) is 10.6. The van der Waals surface area contributed by atoms with Gasteiger partial charge in [0.25, 0.3) is 0 Å². The first-order valence-electron chi connectivity index (χ1n) is 6.22. The van der Waals surface area contributed by atoms with Gasteiger partial charge in [0, 0.05) is 5.56 Å². The summed E-state index contributed by atoms with van der Waals surface area (Å²) in [6.45, 7) is 0. The fourth-order valence-corrected chi connectivity index (χ4v) is 1.93. The van der Waals surface area contributed by atoms with Crippen molar-refractivity contribution < 1.29 is 9.47 Å². The van der Waals surface area contributed by atoms with E-state index in [-0.39, 0.29) is 22.6 Å². The van der Waals surface area contributed by atoms with Gasteiger partial charge in [-0.15, -0.1) is 0 Å². The minimum Gasteiger partial charge on any atom is -0.497 e. The van der Waals surface area contributed by atoms with Gasteiger partial charge in [-0.25, -0.2) is 0 Å². The van der Waals surface area contributed by atoms with Crippen molar-refractivity contribution in [1.82, 2.24) is 10.2 Å². The molecule has 2 aromatic rings. The van der Waals surface area contributed by atoms with Crippen molar-refractivity contribution >= 4 is 17.5 Å². The molecule has 0 atom stereocenters. The Morgan fingerprint density at radius 2 is 2.09 bits per heavy atom. The zero-order chi connectivity index (χ0) is 16.1. The molecule has 7 heteroatoms. The number of hydrogen-bond acceptors (Lipinski definition) is 6. The van der Waals surface area contributed by atoms with Gasteiger partial charge in [0.05, 0.1) is 25.5 Å². The maximum atomic E-state index is 9.37. The number of nitrogens with one attached hydrogen (secondary N) is 1. The van der Waals surface area contributed by atoms with E-state index in [1.165, 1.54) is 7.11 Å². The largest absolute Gasteiger partial charge is 0.497 e. The van der Waals surface area contributed by atoms with Crippen molar-refractivity contribution in [3.8, 4) is 23.6 Å². The van der Waals surface area contributed by atoms with Gasteiger partial charge in [-0.05, 0) is 24.3 Å². The highest BCUT2D eigenvalue weighted by Gasteiger charge is 2.15. The highest BCUT2D eigenvalue weighted by atomic mass is 16.5. The van der Waals surface area contributed by atoms with Crippen molar-refractivity contribution in [2.24, 2.45) is 0 Å². The van der Waals surface area contributed by atoms with E-state index >= 15 is 0 Å². The molecule has 0 aliphatic carbocycles. The number of nitrogen functional groups attached to an aromatic ring is 1. The molecule has 22 heavy (non-hydrogen) atoms. The smallest absolute Gasteiger partial charge is 0.163 e. The number of methoxy groups -OCH3 is 2. The third-order valence-corrected chi connectivity index (χ3v) is 3.03. The molecular formula is C15H13N5O2. The van der Waals surface area contributed by atoms with Gasteiger partial charge < -0.3 is 15.2 Å². The molecule has 0 aliphatic heterocycles. The maximum absolute atomic E-state index is 9.37. The van der Waals surface area contributed by atoms with Crippen LogP contribution in [0.25, 0.3) is 11.6 Å². The summed E-state index contributed by atoms with van der Waals surface area (Å²) in [6, 6.07) is 9.16. The Bertz CT molecular complexity index is 808. The minimum absolute atomic E-state index is 0.0521. The quantitative estimate of drug-likeness (QED) is 0.831. The Kier molecular flexibility index (Phi) is 4.30. The average molecular weight is 295 g/mol. The Morgan fingerprint density at radius 1 is 1.32 bits per heavy atom. The van der Waals surface area contributed by atoms with E-state index in [4.69, 9.17) is 20.5 Å². The Hall–Kier alpha value is -3.45. The predicted octanol–water partition coefficient (Wildman–Crippen LogP) is 1.94. The summed E-state index contributed by atoms with van der Waals surface area (Å²) in [5, 5.41) is 24.8. The lowest BCUT2D eigenvalue weighted by Crippen LogP contribution is -1.92. The first-order chi connectivity index (χ1) is 10.6. The molecule has 0 radical (unpaired) electrons. The standard InChI is InChI=1S/C15H13N5O2/c1-21-11-3-4-13(22-2)9(6-11)5-10(7-16)14-12(8-17)15(18)20-19-14/h3-6H,1-2H3,(H3,18,19,20)/b10-5+. The number of aromatic nitrogens is 2. The van der Waals surface area contributed by atoms with Crippen LogP contribution in [0.3, 0.4) is 0 Å². The average Bonchev–Trinajstić information content (AvgIpc) is 2.92. The zero-order valence-corrected chi connectivity index (χ0v) is 12.0. The summed E-state index contributed by atoms with van der Waals surface area (Å²) in [5.41, 5.74) is 6.85. The number of H-pyrrole nitrogens is 1. The topological polar surface area (TPSA) is 121 Å². The molecule has 0 aliphatic rings. The van der Waals surface area contributed by atoms with Crippen LogP contribution < -0.4 is 15.2 Å². The van der Waals surface area contributed by atoms with Gasteiger partial charge in [-0.3, -0.25) is 5.10 Å². The van der Waals surface area contributed by atoms with Crippen LogP contribution in [0.15, 0.2) is 18.2 Å². The summed E-state index contributed by atoms with van der Waals surface area (Å²) in [4.78, 5) is 0. The molecule has 110 valence electrons. The van der Waals surface area contributed by atoms with Crippen LogP contribution in [0.5, 0.6) is 11.5 Å². The number of aromatic amines is 1. The molecule has 0 saturated heterocycles. The Balaban J connectivity index is 2.59. The summed E-state index contributed by atoms with van der Waals surface area (Å²) in [7, 11) is 3.07. The van der Waals surface area contributed by atoms with Gasteiger partial charge in [0.2, 0.25) is 0 Å².